The maximum Gasteiger partial charge on any atom is 0.251 e. The summed E-state index contributed by atoms with van der Waals surface area (Å²) < 4.78 is 0. The predicted octanol–water partition coefficient (Wildman–Crippen LogP) is 2.21. The van der Waals surface area contributed by atoms with Gasteiger partial charge in [-0.1, -0.05) is 12.1 Å². The highest BCUT2D eigenvalue weighted by Crippen LogP contribution is 2.29. The maximum absolute atomic E-state index is 12.2. The zero-order valence-corrected chi connectivity index (χ0v) is 15.0. The Labute approximate surface area is 148 Å². The van der Waals surface area contributed by atoms with Crippen LogP contribution in [0.1, 0.15) is 27.6 Å². The lowest BCUT2D eigenvalue weighted by Crippen LogP contribution is -2.28. The Morgan fingerprint density at radius 1 is 1.24 bits per heavy atom. The molecule has 0 bridgehead atoms. The molecular weight excluding hydrogens is 314 g/mol. The van der Waals surface area contributed by atoms with Gasteiger partial charge >= 0.3 is 0 Å². The number of amides is 1. The van der Waals surface area contributed by atoms with E-state index in [1.807, 2.05) is 49.3 Å². The van der Waals surface area contributed by atoms with Crippen LogP contribution in [0.2, 0.25) is 0 Å². The Morgan fingerprint density at radius 3 is 2.64 bits per heavy atom. The molecule has 0 spiro atoms. The van der Waals surface area contributed by atoms with Gasteiger partial charge in [-0.25, -0.2) is 0 Å². The number of fused-ring (bicyclic) bond motifs is 1. The molecule has 1 unspecified atom stereocenters. The molecule has 0 saturated heterocycles. The molecule has 5 nitrogen and oxygen atoms in total. The molecular formula is C20H25N3O2. The number of rotatable bonds is 5. The molecule has 0 radical (unpaired) electrons. The number of nitrogens with zero attached hydrogens (tertiary/aromatic N) is 2. The maximum atomic E-state index is 12.2. The van der Waals surface area contributed by atoms with E-state index < -0.39 is 6.10 Å². The average molecular weight is 339 g/mol. The van der Waals surface area contributed by atoms with E-state index >= 15 is 0 Å². The summed E-state index contributed by atoms with van der Waals surface area (Å²) in [4.78, 5) is 16.4. The van der Waals surface area contributed by atoms with E-state index in [9.17, 15) is 9.90 Å². The third kappa shape index (κ3) is 3.77. The third-order valence-electron chi connectivity index (χ3n) is 4.72. The van der Waals surface area contributed by atoms with Crippen LogP contribution in [-0.2, 0) is 6.42 Å². The van der Waals surface area contributed by atoms with Gasteiger partial charge in [0.15, 0.2) is 0 Å². The largest absolute Gasteiger partial charge is 0.387 e. The number of aliphatic hydroxyl groups is 1. The average Bonchev–Trinajstić information content (AvgIpc) is 3.00. The SMILES string of the molecule is CN(C)c1ccc(C(=O)NCC(O)c2ccc3c(c2)CCN3C)cc1. The molecule has 3 rings (SSSR count). The van der Waals surface area contributed by atoms with Crippen molar-refractivity contribution in [2.75, 3.05) is 44.0 Å². The molecule has 5 heteroatoms. The fourth-order valence-electron chi connectivity index (χ4n) is 3.11. The molecule has 2 N–H and O–H groups in total. The van der Waals surface area contributed by atoms with E-state index in [1.165, 1.54) is 11.3 Å². The summed E-state index contributed by atoms with van der Waals surface area (Å²) in [5, 5.41) is 13.2. The Balaban J connectivity index is 1.60. The molecule has 132 valence electrons. The molecule has 0 fully saturated rings. The minimum absolute atomic E-state index is 0.176. The first-order valence-corrected chi connectivity index (χ1v) is 8.53. The third-order valence-corrected chi connectivity index (χ3v) is 4.72. The minimum Gasteiger partial charge on any atom is -0.387 e. The molecule has 1 atom stereocenters. The van der Waals surface area contributed by atoms with Crippen LogP contribution < -0.4 is 15.1 Å². The van der Waals surface area contributed by atoms with Crippen LogP contribution in [0.4, 0.5) is 11.4 Å². The Bertz CT molecular complexity index is 756. The number of hydrogen-bond donors (Lipinski definition) is 2. The Hall–Kier alpha value is -2.53. The number of aliphatic hydroxyl groups excluding tert-OH is 1. The zero-order chi connectivity index (χ0) is 18.0. The first-order valence-electron chi connectivity index (χ1n) is 8.53. The van der Waals surface area contributed by atoms with Gasteiger partial charge in [0.1, 0.15) is 0 Å². The number of nitrogens with one attached hydrogen (secondary N) is 1. The molecule has 1 aliphatic rings. The number of hydrogen-bond acceptors (Lipinski definition) is 4. The van der Waals surface area contributed by atoms with Gasteiger partial charge in [-0.2, -0.15) is 0 Å². The highest BCUT2D eigenvalue weighted by Gasteiger charge is 2.18. The van der Waals surface area contributed by atoms with Crippen molar-refractivity contribution in [3.8, 4) is 0 Å². The van der Waals surface area contributed by atoms with Crippen molar-refractivity contribution < 1.29 is 9.90 Å². The van der Waals surface area contributed by atoms with Gasteiger partial charge in [-0.15, -0.1) is 0 Å². The van der Waals surface area contributed by atoms with E-state index in [0.717, 1.165) is 24.2 Å². The number of likely N-dealkylation sites (N-methyl/N-ethyl adjacent to an activating group) is 1. The second-order valence-corrected chi connectivity index (χ2v) is 6.73. The van der Waals surface area contributed by atoms with Crippen molar-refractivity contribution in [3.05, 3.63) is 59.2 Å². The van der Waals surface area contributed by atoms with Crippen LogP contribution in [0.15, 0.2) is 42.5 Å². The van der Waals surface area contributed by atoms with Gasteiger partial charge in [0.2, 0.25) is 0 Å². The topological polar surface area (TPSA) is 55.8 Å². The highest BCUT2D eigenvalue weighted by molar-refractivity contribution is 5.94. The van der Waals surface area contributed by atoms with Crippen molar-refractivity contribution in [2.24, 2.45) is 0 Å². The van der Waals surface area contributed by atoms with E-state index in [1.54, 1.807) is 12.1 Å². The lowest BCUT2D eigenvalue weighted by Gasteiger charge is -2.16. The van der Waals surface area contributed by atoms with Crippen LogP contribution in [0.5, 0.6) is 0 Å². The van der Waals surface area contributed by atoms with Gasteiger partial charge in [0, 0.05) is 51.2 Å². The molecule has 1 aliphatic heterocycles. The van der Waals surface area contributed by atoms with Crippen molar-refractivity contribution in [1.82, 2.24) is 5.32 Å². The van der Waals surface area contributed by atoms with Gasteiger partial charge in [0.25, 0.3) is 5.91 Å². The lowest BCUT2D eigenvalue weighted by atomic mass is 10.0. The van der Waals surface area contributed by atoms with Crippen molar-refractivity contribution in [2.45, 2.75) is 12.5 Å². The molecule has 25 heavy (non-hydrogen) atoms. The summed E-state index contributed by atoms with van der Waals surface area (Å²) in [6, 6.07) is 13.4. The normalized spacial score (nSPS) is 14.2. The highest BCUT2D eigenvalue weighted by atomic mass is 16.3. The lowest BCUT2D eigenvalue weighted by molar-refractivity contribution is 0.0916. The van der Waals surface area contributed by atoms with Gasteiger partial charge in [-0.05, 0) is 47.9 Å². The molecule has 2 aromatic rings. The zero-order valence-electron chi connectivity index (χ0n) is 15.0. The van der Waals surface area contributed by atoms with Crippen LogP contribution >= 0.6 is 0 Å². The van der Waals surface area contributed by atoms with Crippen molar-refractivity contribution in [3.63, 3.8) is 0 Å². The standard InChI is InChI=1S/C20H25N3O2/c1-22(2)17-7-4-14(5-8-17)20(25)21-13-19(24)16-6-9-18-15(12-16)10-11-23(18)3/h4-9,12,19,24H,10-11,13H2,1-3H3,(H,21,25). The second kappa shape index (κ2) is 7.15. The van der Waals surface area contributed by atoms with Gasteiger partial charge in [0.05, 0.1) is 6.10 Å². The number of carbonyl (C=O) groups excluding carboxylic acids is 1. The minimum atomic E-state index is -0.707. The van der Waals surface area contributed by atoms with Gasteiger partial charge in [-0.3, -0.25) is 4.79 Å². The second-order valence-electron chi connectivity index (χ2n) is 6.73. The van der Waals surface area contributed by atoms with Gasteiger partial charge < -0.3 is 20.2 Å². The van der Waals surface area contributed by atoms with Crippen LogP contribution in [0, 0.1) is 0 Å². The molecule has 1 amide bonds. The van der Waals surface area contributed by atoms with E-state index in [0.29, 0.717) is 5.56 Å². The summed E-state index contributed by atoms with van der Waals surface area (Å²) >= 11 is 0. The van der Waals surface area contributed by atoms with Crippen molar-refractivity contribution >= 4 is 17.3 Å². The summed E-state index contributed by atoms with van der Waals surface area (Å²) in [6.07, 6.45) is 0.290. The number of carbonyl (C=O) groups is 1. The fraction of sp³-hybridized carbons (Fsp3) is 0.350. The Kier molecular flexibility index (Phi) is 4.95. The summed E-state index contributed by atoms with van der Waals surface area (Å²) in [5.74, 6) is -0.176. The summed E-state index contributed by atoms with van der Waals surface area (Å²) in [7, 11) is 5.99. The Morgan fingerprint density at radius 2 is 1.96 bits per heavy atom. The summed E-state index contributed by atoms with van der Waals surface area (Å²) in [5.41, 5.74) is 4.95. The number of anilines is 2. The van der Waals surface area contributed by atoms with Crippen molar-refractivity contribution in [1.29, 1.82) is 0 Å². The van der Waals surface area contributed by atoms with E-state index in [-0.39, 0.29) is 12.5 Å². The monoisotopic (exact) mass is 339 g/mol. The van der Waals surface area contributed by atoms with Crippen LogP contribution in [0.25, 0.3) is 0 Å². The predicted molar refractivity (Wildman–Crippen MR) is 101 cm³/mol. The molecule has 1 heterocycles. The van der Waals surface area contributed by atoms with Crippen LogP contribution in [-0.4, -0.2) is 45.2 Å². The fourth-order valence-corrected chi connectivity index (χ4v) is 3.11. The van der Waals surface area contributed by atoms with E-state index in [2.05, 4.69) is 17.3 Å². The van der Waals surface area contributed by atoms with Crippen LogP contribution in [0.3, 0.4) is 0 Å². The smallest absolute Gasteiger partial charge is 0.251 e. The first kappa shape index (κ1) is 17.3. The first-order chi connectivity index (χ1) is 12.0. The molecule has 2 aromatic carbocycles. The number of benzene rings is 2. The molecule has 0 saturated carbocycles. The van der Waals surface area contributed by atoms with E-state index in [4.69, 9.17) is 0 Å². The molecule has 0 aromatic heterocycles. The summed E-state index contributed by atoms with van der Waals surface area (Å²) in [6.45, 7) is 1.21. The molecule has 0 aliphatic carbocycles. The quantitative estimate of drug-likeness (QED) is 0.877.